The summed E-state index contributed by atoms with van der Waals surface area (Å²) in [5.74, 6) is -0.732. The summed E-state index contributed by atoms with van der Waals surface area (Å²) in [7, 11) is 0. The Balaban J connectivity index is 1.59. The number of rotatable bonds is 6. The molecule has 150 valence electrons. The molecule has 1 aliphatic rings. The highest BCUT2D eigenvalue weighted by molar-refractivity contribution is 6.10. The molecule has 1 atom stereocenters. The zero-order chi connectivity index (χ0) is 21.1. The molecule has 0 fully saturated rings. The van der Waals surface area contributed by atoms with Gasteiger partial charge in [-0.05, 0) is 18.6 Å². The Morgan fingerprint density at radius 2 is 1.63 bits per heavy atom. The number of carbonyl (C=O) groups excluding carboxylic acids is 2. The normalized spacial score (nSPS) is 18.1. The van der Waals surface area contributed by atoms with Crippen molar-refractivity contribution >= 4 is 23.5 Å². The number of hydrogen-bond acceptors (Lipinski definition) is 3. The molecule has 1 amide bonds. The predicted octanol–water partition coefficient (Wildman–Crippen LogP) is 4.52. The first-order valence-corrected chi connectivity index (χ1v) is 9.94. The van der Waals surface area contributed by atoms with Gasteiger partial charge in [0.25, 0.3) is 5.91 Å². The minimum Gasteiger partial charge on any atom is -0.375 e. The average Bonchev–Trinajstić information content (AvgIpc) is 2.97. The Labute approximate surface area is 176 Å². The van der Waals surface area contributed by atoms with Crippen molar-refractivity contribution in [2.24, 2.45) is 0 Å². The van der Waals surface area contributed by atoms with E-state index in [0.717, 1.165) is 11.1 Å². The van der Waals surface area contributed by atoms with Gasteiger partial charge in [0.1, 0.15) is 0 Å². The molecule has 0 aliphatic carbocycles. The van der Waals surface area contributed by atoms with E-state index in [1.165, 1.54) is 4.90 Å². The van der Waals surface area contributed by atoms with Crippen LogP contribution in [-0.2, 0) is 10.4 Å². The van der Waals surface area contributed by atoms with Crippen molar-refractivity contribution in [2.45, 2.75) is 18.9 Å². The monoisotopic (exact) mass is 397 g/mol. The average molecular weight is 397 g/mol. The molecule has 1 N–H and O–H groups in total. The number of hydrogen-bond donors (Lipinski definition) is 1. The summed E-state index contributed by atoms with van der Waals surface area (Å²) >= 11 is 0. The van der Waals surface area contributed by atoms with Crippen LogP contribution in [0.5, 0.6) is 0 Å². The van der Waals surface area contributed by atoms with Crippen LogP contribution >= 0.6 is 0 Å². The lowest BCUT2D eigenvalue weighted by Gasteiger charge is -2.22. The van der Waals surface area contributed by atoms with Crippen LogP contribution in [0.15, 0.2) is 84.9 Å². The quantitative estimate of drug-likeness (QED) is 0.623. The van der Waals surface area contributed by atoms with Gasteiger partial charge in [-0.15, -0.1) is 0 Å². The maximum Gasteiger partial charge on any atom is 0.264 e. The van der Waals surface area contributed by atoms with Crippen molar-refractivity contribution in [1.82, 2.24) is 0 Å². The third-order valence-corrected chi connectivity index (χ3v) is 5.43. The molecule has 1 aliphatic heterocycles. The molecular formula is C26H23NO3. The van der Waals surface area contributed by atoms with Crippen LogP contribution in [0, 0.1) is 6.92 Å². The van der Waals surface area contributed by atoms with E-state index >= 15 is 0 Å². The number of amides is 1. The zero-order valence-electron chi connectivity index (χ0n) is 16.8. The molecular weight excluding hydrogens is 374 g/mol. The second-order valence-corrected chi connectivity index (χ2v) is 7.57. The molecule has 0 saturated heterocycles. The summed E-state index contributed by atoms with van der Waals surface area (Å²) in [5, 5.41) is 11.3. The number of para-hydroxylation sites is 1. The van der Waals surface area contributed by atoms with Crippen LogP contribution in [0.4, 0.5) is 5.69 Å². The lowest BCUT2D eigenvalue weighted by molar-refractivity contribution is -0.135. The molecule has 0 radical (unpaired) electrons. The number of aryl methyl sites for hydroxylation is 1. The zero-order valence-corrected chi connectivity index (χ0v) is 16.8. The third-order valence-electron chi connectivity index (χ3n) is 5.43. The van der Waals surface area contributed by atoms with Crippen LogP contribution in [-0.4, -0.2) is 23.3 Å². The van der Waals surface area contributed by atoms with Crippen LogP contribution < -0.4 is 4.90 Å². The van der Waals surface area contributed by atoms with Gasteiger partial charge < -0.3 is 10.0 Å². The Kier molecular flexibility index (Phi) is 5.34. The number of fused-ring (bicyclic) bond motifs is 1. The largest absolute Gasteiger partial charge is 0.375 e. The van der Waals surface area contributed by atoms with Crippen molar-refractivity contribution in [3.8, 4) is 0 Å². The van der Waals surface area contributed by atoms with E-state index in [0.29, 0.717) is 23.4 Å². The van der Waals surface area contributed by atoms with Crippen molar-refractivity contribution in [2.75, 3.05) is 11.4 Å². The highest BCUT2D eigenvalue weighted by Crippen LogP contribution is 2.42. The van der Waals surface area contributed by atoms with Gasteiger partial charge >= 0.3 is 0 Å². The molecule has 0 aromatic heterocycles. The molecule has 30 heavy (non-hydrogen) atoms. The first-order valence-electron chi connectivity index (χ1n) is 9.94. The van der Waals surface area contributed by atoms with E-state index in [2.05, 4.69) is 0 Å². The minimum atomic E-state index is -1.86. The first kappa shape index (κ1) is 19.8. The van der Waals surface area contributed by atoms with Crippen molar-refractivity contribution in [1.29, 1.82) is 0 Å². The molecule has 4 nitrogen and oxygen atoms in total. The number of ketones is 1. The number of aliphatic hydroxyl groups is 1. The van der Waals surface area contributed by atoms with E-state index in [1.54, 1.807) is 30.3 Å². The molecule has 3 aromatic carbocycles. The fourth-order valence-electron chi connectivity index (χ4n) is 3.79. The summed E-state index contributed by atoms with van der Waals surface area (Å²) < 4.78 is 0. The van der Waals surface area contributed by atoms with Crippen LogP contribution in [0.1, 0.15) is 33.5 Å². The summed E-state index contributed by atoms with van der Waals surface area (Å²) in [5.41, 5.74) is 1.81. The Morgan fingerprint density at radius 3 is 2.37 bits per heavy atom. The Bertz CT molecular complexity index is 1100. The third kappa shape index (κ3) is 3.70. The summed E-state index contributed by atoms with van der Waals surface area (Å²) in [6.07, 6.45) is 3.53. The highest BCUT2D eigenvalue weighted by Gasteiger charge is 2.50. The smallest absolute Gasteiger partial charge is 0.264 e. The van der Waals surface area contributed by atoms with Gasteiger partial charge in [-0.25, -0.2) is 0 Å². The van der Waals surface area contributed by atoms with Crippen molar-refractivity contribution < 1.29 is 14.7 Å². The van der Waals surface area contributed by atoms with Crippen molar-refractivity contribution in [3.05, 3.63) is 107 Å². The molecule has 0 spiro atoms. The molecule has 1 heterocycles. The lowest BCUT2D eigenvalue weighted by atomic mass is 9.88. The topological polar surface area (TPSA) is 57.6 Å². The van der Waals surface area contributed by atoms with E-state index in [1.807, 2.05) is 67.6 Å². The van der Waals surface area contributed by atoms with E-state index in [4.69, 9.17) is 0 Å². The second-order valence-electron chi connectivity index (χ2n) is 7.57. The molecule has 0 unspecified atom stereocenters. The molecule has 0 bridgehead atoms. The van der Waals surface area contributed by atoms with Gasteiger partial charge in [0.15, 0.2) is 11.4 Å². The molecule has 4 rings (SSSR count). The SMILES string of the molecule is Cc1ccc(C(=O)C[C@@]2(O)C(=O)N(C/C=C\c3ccccc3)c3ccccc32)cc1. The fraction of sp³-hybridized carbons (Fsp3) is 0.154. The van der Waals surface area contributed by atoms with Crippen LogP contribution in [0.2, 0.25) is 0 Å². The van der Waals surface area contributed by atoms with Gasteiger partial charge in [-0.1, -0.05) is 90.5 Å². The lowest BCUT2D eigenvalue weighted by Crippen LogP contribution is -2.42. The predicted molar refractivity (Wildman–Crippen MR) is 118 cm³/mol. The fourth-order valence-corrected chi connectivity index (χ4v) is 3.79. The van der Waals surface area contributed by atoms with E-state index in [-0.39, 0.29) is 12.2 Å². The van der Waals surface area contributed by atoms with Crippen LogP contribution in [0.25, 0.3) is 6.08 Å². The number of nitrogens with zero attached hydrogens (tertiary/aromatic N) is 1. The minimum absolute atomic E-state index is 0.262. The van der Waals surface area contributed by atoms with Crippen molar-refractivity contribution in [3.63, 3.8) is 0 Å². The number of benzene rings is 3. The van der Waals surface area contributed by atoms with E-state index < -0.39 is 11.5 Å². The number of anilines is 1. The highest BCUT2D eigenvalue weighted by atomic mass is 16.3. The first-order chi connectivity index (χ1) is 14.5. The summed E-state index contributed by atoms with van der Waals surface area (Å²) in [6.45, 7) is 2.26. The maximum atomic E-state index is 13.2. The Hall–Kier alpha value is -3.50. The van der Waals surface area contributed by atoms with Gasteiger partial charge in [0, 0.05) is 17.7 Å². The summed E-state index contributed by atoms with van der Waals surface area (Å²) in [4.78, 5) is 27.6. The van der Waals surface area contributed by atoms with Gasteiger partial charge in [-0.3, -0.25) is 9.59 Å². The second kappa shape index (κ2) is 8.09. The van der Waals surface area contributed by atoms with Crippen LogP contribution in [0.3, 0.4) is 0 Å². The molecule has 0 saturated carbocycles. The molecule has 3 aromatic rings. The molecule has 4 heteroatoms. The van der Waals surface area contributed by atoms with Gasteiger partial charge in [-0.2, -0.15) is 0 Å². The Morgan fingerprint density at radius 1 is 0.967 bits per heavy atom. The standard InChI is InChI=1S/C26H23NO3/c1-19-13-15-21(16-14-19)24(28)18-26(30)22-11-5-6-12-23(22)27(25(26)29)17-7-10-20-8-3-2-4-9-20/h2-16,30H,17-18H2,1H3/b10-7-/t26-/m0/s1. The van der Waals surface area contributed by atoms with Gasteiger partial charge in [0.2, 0.25) is 0 Å². The van der Waals surface area contributed by atoms with Gasteiger partial charge in [0.05, 0.1) is 12.1 Å². The number of Topliss-reactive ketones (excluding diaryl/α,β-unsaturated/α-hetero) is 1. The number of carbonyl (C=O) groups is 2. The van der Waals surface area contributed by atoms with E-state index in [9.17, 15) is 14.7 Å². The summed E-state index contributed by atoms with van der Waals surface area (Å²) in [6, 6.07) is 24.1. The maximum absolute atomic E-state index is 13.2.